The Labute approximate surface area is 138 Å². The van der Waals surface area contributed by atoms with Crippen LogP contribution >= 0.6 is 0 Å². The average Bonchev–Trinajstić information content (AvgIpc) is 2.55. The lowest BCUT2D eigenvalue weighted by Gasteiger charge is -2.46. The minimum atomic E-state index is -1.41. The molecule has 0 aromatic rings. The van der Waals surface area contributed by atoms with Crippen LogP contribution in [0.5, 0.6) is 0 Å². The first-order chi connectivity index (χ1) is 10.9. The summed E-state index contributed by atoms with van der Waals surface area (Å²) >= 11 is 0. The molecule has 2 N–H and O–H groups in total. The second kappa shape index (κ2) is 6.45. The fourth-order valence-corrected chi connectivity index (χ4v) is 3.86. The Morgan fingerprint density at radius 1 is 1.35 bits per heavy atom. The van der Waals surface area contributed by atoms with Crippen LogP contribution in [-0.2, 0) is 0 Å². The van der Waals surface area contributed by atoms with Crippen LogP contribution in [0.1, 0.15) is 27.2 Å². The highest BCUT2D eigenvalue weighted by molar-refractivity contribution is 5.56. The lowest BCUT2D eigenvalue weighted by atomic mass is 9.58. The summed E-state index contributed by atoms with van der Waals surface area (Å²) in [6, 6.07) is 6.47. The number of hydrogen-bond acceptors (Lipinski definition) is 5. The van der Waals surface area contributed by atoms with Crippen molar-refractivity contribution in [2.45, 2.75) is 27.2 Å². The fraction of sp³-hybridized carbons (Fsp3) is 0.611. The molecule has 2 atom stereocenters. The quantitative estimate of drug-likeness (QED) is 0.862. The summed E-state index contributed by atoms with van der Waals surface area (Å²) in [6.45, 7) is 8.72. The van der Waals surface area contributed by atoms with Crippen molar-refractivity contribution in [3.63, 3.8) is 0 Å². The molecule has 23 heavy (non-hydrogen) atoms. The molecule has 0 fully saturated rings. The Kier molecular flexibility index (Phi) is 4.79. The zero-order valence-corrected chi connectivity index (χ0v) is 14.0. The molecule has 0 spiro atoms. The molecule has 1 heterocycles. The van der Waals surface area contributed by atoms with Gasteiger partial charge in [0.1, 0.15) is 6.07 Å². The van der Waals surface area contributed by atoms with Crippen molar-refractivity contribution in [1.29, 1.82) is 15.8 Å². The third kappa shape index (κ3) is 2.61. The van der Waals surface area contributed by atoms with Gasteiger partial charge < -0.3 is 5.73 Å². The monoisotopic (exact) mass is 309 g/mol. The van der Waals surface area contributed by atoms with E-state index >= 15 is 0 Å². The molecule has 0 amide bonds. The molecule has 0 aromatic carbocycles. The molecule has 0 bridgehead atoms. The maximum Gasteiger partial charge on any atom is 0.187 e. The third-order valence-corrected chi connectivity index (χ3v) is 5.09. The van der Waals surface area contributed by atoms with Crippen LogP contribution < -0.4 is 5.73 Å². The fourth-order valence-electron chi connectivity index (χ4n) is 3.86. The number of likely N-dealkylation sites (N-methyl/N-ethyl adjacent to an activating group) is 1. The Balaban J connectivity index is 2.68. The SMILES string of the molecule is CCN1CC=C2C(C#N)=C(N)C(C#N)(C#N)[C@H](CC(C)C)[C@H]2C1. The summed E-state index contributed by atoms with van der Waals surface area (Å²) in [6.07, 6.45) is 2.79. The molecular formula is C18H23N5. The van der Waals surface area contributed by atoms with Crippen LogP contribution in [0.15, 0.2) is 22.9 Å². The van der Waals surface area contributed by atoms with Gasteiger partial charge >= 0.3 is 0 Å². The van der Waals surface area contributed by atoms with Gasteiger partial charge in [-0.15, -0.1) is 0 Å². The summed E-state index contributed by atoms with van der Waals surface area (Å²) < 4.78 is 0. The van der Waals surface area contributed by atoms with Gasteiger partial charge in [-0.3, -0.25) is 4.90 Å². The first-order valence-electron chi connectivity index (χ1n) is 8.10. The van der Waals surface area contributed by atoms with Crippen molar-refractivity contribution >= 4 is 0 Å². The standard InChI is InChI=1S/C18H23N5/c1-4-23-6-5-13-14(8-19)17(22)18(10-20,11-21)16(7-12(2)3)15(13)9-23/h5,12,15-16H,4,6-7,9,22H2,1-3H3/t15-,16+/m0/s1. The van der Waals surface area contributed by atoms with Crippen LogP contribution in [0.2, 0.25) is 0 Å². The summed E-state index contributed by atoms with van der Waals surface area (Å²) in [5.74, 6) is 0.165. The molecular weight excluding hydrogens is 286 g/mol. The topological polar surface area (TPSA) is 101 Å². The minimum absolute atomic E-state index is 0.00681. The van der Waals surface area contributed by atoms with Crippen LogP contribution in [0.25, 0.3) is 0 Å². The highest BCUT2D eigenvalue weighted by atomic mass is 15.1. The molecule has 0 saturated heterocycles. The van der Waals surface area contributed by atoms with E-state index in [0.29, 0.717) is 11.5 Å². The van der Waals surface area contributed by atoms with Gasteiger partial charge in [-0.05, 0) is 24.5 Å². The Bertz CT molecular complexity index is 651. The van der Waals surface area contributed by atoms with E-state index in [1.807, 2.05) is 0 Å². The van der Waals surface area contributed by atoms with Gasteiger partial charge in [0, 0.05) is 24.9 Å². The first kappa shape index (κ1) is 17.1. The van der Waals surface area contributed by atoms with Gasteiger partial charge in [0.15, 0.2) is 5.41 Å². The Morgan fingerprint density at radius 2 is 2.00 bits per heavy atom. The molecule has 0 saturated carbocycles. The van der Waals surface area contributed by atoms with E-state index in [4.69, 9.17) is 5.73 Å². The van der Waals surface area contributed by atoms with E-state index in [2.05, 4.69) is 50.0 Å². The first-order valence-corrected chi connectivity index (χ1v) is 8.10. The summed E-state index contributed by atoms with van der Waals surface area (Å²) in [5, 5.41) is 29.1. The molecule has 120 valence electrons. The van der Waals surface area contributed by atoms with Crippen molar-refractivity contribution in [3.8, 4) is 18.2 Å². The van der Waals surface area contributed by atoms with E-state index in [0.717, 1.165) is 31.6 Å². The van der Waals surface area contributed by atoms with Crippen molar-refractivity contribution in [2.75, 3.05) is 19.6 Å². The highest BCUT2D eigenvalue weighted by Gasteiger charge is 2.53. The minimum Gasteiger partial charge on any atom is -0.399 e. The lowest BCUT2D eigenvalue weighted by Crippen LogP contribution is -2.49. The molecule has 5 heteroatoms. The van der Waals surface area contributed by atoms with Gasteiger partial charge in [0.05, 0.1) is 23.4 Å². The predicted octanol–water partition coefficient (Wildman–Crippen LogP) is 2.31. The molecule has 2 aliphatic rings. The highest BCUT2D eigenvalue weighted by Crippen LogP contribution is 2.51. The van der Waals surface area contributed by atoms with Gasteiger partial charge in [-0.2, -0.15) is 15.8 Å². The number of fused-ring (bicyclic) bond motifs is 1. The lowest BCUT2D eigenvalue weighted by molar-refractivity contribution is 0.152. The predicted molar refractivity (Wildman–Crippen MR) is 87.1 cm³/mol. The number of nitrogens with zero attached hydrogens (tertiary/aromatic N) is 4. The van der Waals surface area contributed by atoms with Crippen molar-refractivity contribution in [3.05, 3.63) is 22.9 Å². The van der Waals surface area contributed by atoms with Gasteiger partial charge in [0.2, 0.25) is 0 Å². The number of nitrogens with two attached hydrogens (primary N) is 1. The molecule has 0 unspecified atom stereocenters. The Hall–Kier alpha value is -2.29. The second-order valence-corrected chi connectivity index (χ2v) is 6.79. The zero-order valence-electron chi connectivity index (χ0n) is 14.0. The van der Waals surface area contributed by atoms with Gasteiger partial charge in [-0.25, -0.2) is 0 Å². The van der Waals surface area contributed by atoms with E-state index in [1.165, 1.54) is 0 Å². The number of rotatable bonds is 3. The van der Waals surface area contributed by atoms with E-state index in [1.54, 1.807) is 0 Å². The van der Waals surface area contributed by atoms with Crippen LogP contribution in [0.3, 0.4) is 0 Å². The van der Waals surface area contributed by atoms with E-state index in [9.17, 15) is 15.8 Å². The smallest absolute Gasteiger partial charge is 0.187 e. The number of nitriles is 3. The summed E-state index contributed by atoms with van der Waals surface area (Å²) in [7, 11) is 0. The zero-order chi connectivity index (χ0) is 17.2. The summed E-state index contributed by atoms with van der Waals surface area (Å²) in [4.78, 5) is 2.28. The molecule has 1 aliphatic heterocycles. The number of allylic oxidation sites excluding steroid dienone is 2. The van der Waals surface area contributed by atoms with Gasteiger partial charge in [0.25, 0.3) is 0 Å². The Morgan fingerprint density at radius 3 is 2.48 bits per heavy atom. The van der Waals surface area contributed by atoms with E-state index < -0.39 is 5.41 Å². The third-order valence-electron chi connectivity index (χ3n) is 5.09. The van der Waals surface area contributed by atoms with Crippen molar-refractivity contribution in [1.82, 2.24) is 4.90 Å². The summed E-state index contributed by atoms with van der Waals surface area (Å²) in [5.41, 5.74) is 6.19. The normalized spacial score (nSPS) is 26.7. The average molecular weight is 309 g/mol. The van der Waals surface area contributed by atoms with Crippen LogP contribution in [-0.4, -0.2) is 24.5 Å². The van der Waals surface area contributed by atoms with Crippen molar-refractivity contribution < 1.29 is 0 Å². The van der Waals surface area contributed by atoms with Crippen LogP contribution in [0, 0.1) is 57.2 Å². The molecule has 5 nitrogen and oxygen atoms in total. The maximum atomic E-state index is 9.79. The van der Waals surface area contributed by atoms with E-state index in [-0.39, 0.29) is 17.5 Å². The number of hydrogen-bond donors (Lipinski definition) is 1. The molecule has 0 radical (unpaired) electrons. The largest absolute Gasteiger partial charge is 0.399 e. The van der Waals surface area contributed by atoms with Gasteiger partial charge in [-0.1, -0.05) is 26.8 Å². The molecule has 0 aromatic heterocycles. The maximum absolute atomic E-state index is 9.79. The second-order valence-electron chi connectivity index (χ2n) is 6.79. The molecule has 2 rings (SSSR count). The van der Waals surface area contributed by atoms with Crippen LogP contribution in [0.4, 0.5) is 0 Å². The molecule has 1 aliphatic carbocycles. The van der Waals surface area contributed by atoms with Crippen molar-refractivity contribution in [2.24, 2.45) is 28.9 Å².